The van der Waals surface area contributed by atoms with Crippen LogP contribution in [0.4, 0.5) is 10.5 Å². The average molecular weight is 369 g/mol. The molecule has 3 rings (SSSR count). The number of benzene rings is 3. The number of carbonyl (C=O) groups is 1. The third kappa shape index (κ3) is 5.51. The van der Waals surface area contributed by atoms with E-state index in [0.29, 0.717) is 16.5 Å². The predicted molar refractivity (Wildman–Crippen MR) is 101 cm³/mol. The summed E-state index contributed by atoms with van der Waals surface area (Å²) in [5.74, 6) is 1.45. The molecule has 0 aliphatic rings. The van der Waals surface area contributed by atoms with Gasteiger partial charge in [-0.1, -0.05) is 48.0 Å². The molecule has 0 saturated heterocycles. The van der Waals surface area contributed by atoms with Crippen LogP contribution in [0.15, 0.2) is 78.9 Å². The van der Waals surface area contributed by atoms with Crippen molar-refractivity contribution in [3.8, 4) is 11.5 Å². The van der Waals surface area contributed by atoms with Gasteiger partial charge >= 0.3 is 6.03 Å². The first-order valence-electron chi connectivity index (χ1n) is 7.95. The van der Waals surface area contributed by atoms with Crippen molar-refractivity contribution in [3.05, 3.63) is 89.4 Å². The molecule has 6 heteroatoms. The Hall–Kier alpha value is -3.02. The summed E-state index contributed by atoms with van der Waals surface area (Å²) in [5.41, 5.74) is 3.78. The van der Waals surface area contributed by atoms with Gasteiger partial charge in [-0.2, -0.15) is 0 Å². The summed E-state index contributed by atoms with van der Waals surface area (Å²) in [4.78, 5) is 17.0. The monoisotopic (exact) mass is 368 g/mol. The Morgan fingerprint density at radius 3 is 2.46 bits per heavy atom. The molecular formula is C20H17ClN2O3. The fourth-order valence-corrected chi connectivity index (χ4v) is 2.42. The van der Waals surface area contributed by atoms with Crippen molar-refractivity contribution in [2.45, 2.75) is 6.61 Å². The summed E-state index contributed by atoms with van der Waals surface area (Å²) in [6.07, 6.45) is 0. The number of urea groups is 1. The van der Waals surface area contributed by atoms with Crippen LogP contribution in [0.2, 0.25) is 5.02 Å². The van der Waals surface area contributed by atoms with E-state index in [9.17, 15) is 4.79 Å². The minimum absolute atomic E-state index is 0.203. The minimum atomic E-state index is -0.482. The van der Waals surface area contributed by atoms with Gasteiger partial charge < -0.3 is 10.1 Å². The Bertz CT molecular complexity index is 872. The minimum Gasteiger partial charge on any atom is -0.457 e. The summed E-state index contributed by atoms with van der Waals surface area (Å²) in [7, 11) is 0. The molecule has 0 spiro atoms. The molecule has 0 saturated carbocycles. The van der Waals surface area contributed by atoms with Crippen molar-refractivity contribution in [2.24, 2.45) is 0 Å². The molecule has 0 radical (unpaired) electrons. The zero-order valence-electron chi connectivity index (χ0n) is 13.8. The van der Waals surface area contributed by atoms with Gasteiger partial charge in [-0.05, 0) is 48.0 Å². The number of hydroxylamine groups is 1. The van der Waals surface area contributed by atoms with Crippen LogP contribution in [0.3, 0.4) is 0 Å². The van der Waals surface area contributed by atoms with E-state index in [1.165, 1.54) is 0 Å². The highest BCUT2D eigenvalue weighted by atomic mass is 35.5. The number of rotatable bonds is 6. The summed E-state index contributed by atoms with van der Waals surface area (Å²) < 4.78 is 5.77. The fourth-order valence-electron chi connectivity index (χ4n) is 2.23. The van der Waals surface area contributed by atoms with E-state index in [0.717, 1.165) is 11.3 Å². The Kier molecular flexibility index (Phi) is 6.09. The summed E-state index contributed by atoms with van der Waals surface area (Å²) >= 11 is 5.87. The molecule has 0 heterocycles. The predicted octanol–water partition coefficient (Wildman–Crippen LogP) is 5.39. The van der Waals surface area contributed by atoms with Crippen LogP contribution >= 0.6 is 11.6 Å². The van der Waals surface area contributed by atoms with E-state index < -0.39 is 6.03 Å². The molecular weight excluding hydrogens is 352 g/mol. The quantitative estimate of drug-likeness (QED) is 0.574. The number of para-hydroxylation sites is 1. The Balaban J connectivity index is 1.48. The average Bonchev–Trinajstić information content (AvgIpc) is 2.63. The van der Waals surface area contributed by atoms with Crippen LogP contribution in [-0.4, -0.2) is 6.03 Å². The number of hydrogen-bond donors (Lipinski definition) is 2. The van der Waals surface area contributed by atoms with Crippen LogP contribution in [0.25, 0.3) is 0 Å². The van der Waals surface area contributed by atoms with Crippen LogP contribution in [0, 0.1) is 0 Å². The van der Waals surface area contributed by atoms with Gasteiger partial charge in [-0.3, -0.25) is 4.84 Å². The Morgan fingerprint density at radius 1 is 0.885 bits per heavy atom. The first kappa shape index (κ1) is 17.8. The van der Waals surface area contributed by atoms with Crippen LogP contribution < -0.4 is 15.5 Å². The van der Waals surface area contributed by atoms with Gasteiger partial charge in [0.15, 0.2) is 0 Å². The molecule has 26 heavy (non-hydrogen) atoms. The van der Waals surface area contributed by atoms with E-state index in [2.05, 4.69) is 10.8 Å². The molecule has 132 valence electrons. The van der Waals surface area contributed by atoms with Gasteiger partial charge in [0, 0.05) is 10.7 Å². The van der Waals surface area contributed by atoms with Gasteiger partial charge in [-0.25, -0.2) is 10.3 Å². The molecule has 0 atom stereocenters. The van der Waals surface area contributed by atoms with E-state index in [1.807, 2.05) is 54.6 Å². The molecule has 2 N–H and O–H groups in total. The van der Waals surface area contributed by atoms with Crippen molar-refractivity contribution < 1.29 is 14.4 Å². The second kappa shape index (κ2) is 8.89. The Morgan fingerprint density at radius 2 is 1.65 bits per heavy atom. The molecule has 0 unspecified atom stereocenters. The highest BCUT2D eigenvalue weighted by Gasteiger charge is 2.03. The molecule has 0 aliphatic heterocycles. The van der Waals surface area contributed by atoms with Crippen molar-refractivity contribution >= 4 is 23.3 Å². The van der Waals surface area contributed by atoms with Crippen molar-refractivity contribution in [1.82, 2.24) is 5.48 Å². The maximum absolute atomic E-state index is 11.8. The molecule has 3 aromatic rings. The SMILES string of the molecule is O=C(NOCc1cccc(Oc2ccccc2)c1)Nc1cccc(Cl)c1. The smallest absolute Gasteiger partial charge is 0.343 e. The number of amides is 2. The van der Waals surface area contributed by atoms with E-state index in [1.54, 1.807) is 24.3 Å². The molecule has 0 aromatic heterocycles. The summed E-state index contributed by atoms with van der Waals surface area (Å²) in [6, 6.07) is 23.3. The second-order valence-electron chi connectivity index (χ2n) is 5.42. The van der Waals surface area contributed by atoms with E-state index >= 15 is 0 Å². The second-order valence-corrected chi connectivity index (χ2v) is 5.85. The van der Waals surface area contributed by atoms with Crippen molar-refractivity contribution in [3.63, 3.8) is 0 Å². The number of carbonyl (C=O) groups excluding carboxylic acids is 1. The molecule has 2 amide bonds. The maximum Gasteiger partial charge on any atom is 0.343 e. The van der Waals surface area contributed by atoms with Gasteiger partial charge in [0.2, 0.25) is 0 Å². The van der Waals surface area contributed by atoms with E-state index in [4.69, 9.17) is 21.2 Å². The summed E-state index contributed by atoms with van der Waals surface area (Å²) in [5, 5.41) is 3.17. The fraction of sp³-hybridized carbons (Fsp3) is 0.0500. The van der Waals surface area contributed by atoms with Crippen molar-refractivity contribution in [2.75, 3.05) is 5.32 Å². The normalized spacial score (nSPS) is 10.2. The van der Waals surface area contributed by atoms with Gasteiger partial charge in [-0.15, -0.1) is 0 Å². The number of halogens is 1. The zero-order chi connectivity index (χ0) is 18.2. The maximum atomic E-state index is 11.8. The standard InChI is InChI=1S/C20H17ClN2O3/c21-16-7-5-8-17(13-16)22-20(24)23-25-14-15-6-4-11-19(12-15)26-18-9-2-1-3-10-18/h1-13H,14H2,(H2,22,23,24). The van der Waals surface area contributed by atoms with E-state index in [-0.39, 0.29) is 6.61 Å². The lowest BCUT2D eigenvalue weighted by Crippen LogP contribution is -2.28. The lowest BCUT2D eigenvalue weighted by molar-refractivity contribution is 0.0535. The summed E-state index contributed by atoms with van der Waals surface area (Å²) in [6.45, 7) is 0.203. The van der Waals surface area contributed by atoms with Crippen LogP contribution in [0.5, 0.6) is 11.5 Å². The van der Waals surface area contributed by atoms with Gasteiger partial charge in [0.05, 0.1) is 6.61 Å². The number of anilines is 1. The largest absolute Gasteiger partial charge is 0.457 e. The number of nitrogens with one attached hydrogen (secondary N) is 2. The number of ether oxygens (including phenoxy) is 1. The van der Waals surface area contributed by atoms with Gasteiger partial charge in [0.25, 0.3) is 0 Å². The lowest BCUT2D eigenvalue weighted by Gasteiger charge is -2.10. The third-order valence-corrected chi connectivity index (χ3v) is 3.60. The zero-order valence-corrected chi connectivity index (χ0v) is 14.6. The molecule has 0 aliphatic carbocycles. The van der Waals surface area contributed by atoms with Crippen molar-refractivity contribution in [1.29, 1.82) is 0 Å². The first-order chi connectivity index (χ1) is 12.7. The van der Waals surface area contributed by atoms with Gasteiger partial charge in [0.1, 0.15) is 11.5 Å². The van der Waals surface area contributed by atoms with Crippen LogP contribution in [0.1, 0.15) is 5.56 Å². The highest BCUT2D eigenvalue weighted by molar-refractivity contribution is 6.30. The Labute approximate surface area is 156 Å². The first-order valence-corrected chi connectivity index (χ1v) is 8.33. The molecule has 0 fully saturated rings. The molecule has 3 aromatic carbocycles. The van der Waals surface area contributed by atoms with Crippen LogP contribution in [-0.2, 0) is 11.4 Å². The third-order valence-electron chi connectivity index (χ3n) is 3.36. The molecule has 0 bridgehead atoms. The highest BCUT2D eigenvalue weighted by Crippen LogP contribution is 2.22. The number of hydrogen-bond acceptors (Lipinski definition) is 3. The lowest BCUT2D eigenvalue weighted by atomic mass is 10.2. The topological polar surface area (TPSA) is 59.6 Å². The molecule has 5 nitrogen and oxygen atoms in total.